The van der Waals surface area contributed by atoms with Crippen LogP contribution in [-0.2, 0) is 0 Å². The molecule has 0 bridgehead atoms. The lowest BCUT2D eigenvalue weighted by Crippen LogP contribution is -2.35. The highest BCUT2D eigenvalue weighted by atomic mass is 14.7. The zero-order chi connectivity index (χ0) is 16.7. The topological polar surface area (TPSA) is 0 Å². The average molecular weight is 307 g/mol. The van der Waals surface area contributed by atoms with Crippen LogP contribution in [0, 0.1) is 52.8 Å². The molecule has 0 saturated heterocycles. The monoisotopic (exact) mass is 306 g/mol. The second-order valence-corrected chi connectivity index (χ2v) is 9.26. The first-order valence-electron chi connectivity index (χ1n) is 10.3. The maximum atomic E-state index is 2.62. The standard InChI is InChI=1S/C22H42/c1-9-17(14(4)5)19(11-3)18(10-2)15(6)16(7)22(8)20-12-13-21(20)22/h14-21H,9-13H2,1-8H3. The molecule has 0 N–H and O–H groups in total. The third-order valence-electron chi connectivity index (χ3n) is 8.58. The second kappa shape index (κ2) is 6.86. The van der Waals surface area contributed by atoms with Gasteiger partial charge in [0.15, 0.2) is 0 Å². The first-order valence-corrected chi connectivity index (χ1v) is 10.3. The van der Waals surface area contributed by atoms with Gasteiger partial charge in [0.1, 0.15) is 0 Å². The highest BCUT2D eigenvalue weighted by molar-refractivity contribution is 5.16. The summed E-state index contributed by atoms with van der Waals surface area (Å²) in [4.78, 5) is 0. The van der Waals surface area contributed by atoms with E-state index in [0.29, 0.717) is 5.41 Å². The Morgan fingerprint density at radius 3 is 1.55 bits per heavy atom. The minimum atomic E-state index is 0.699. The summed E-state index contributed by atoms with van der Waals surface area (Å²) in [5.41, 5.74) is 0.699. The van der Waals surface area contributed by atoms with Crippen LogP contribution >= 0.6 is 0 Å². The van der Waals surface area contributed by atoms with E-state index in [2.05, 4.69) is 55.4 Å². The van der Waals surface area contributed by atoms with Gasteiger partial charge in [-0.1, -0.05) is 74.7 Å². The lowest BCUT2D eigenvalue weighted by atomic mass is 9.64. The molecule has 0 amide bonds. The summed E-state index contributed by atoms with van der Waals surface area (Å²) in [6.45, 7) is 20.0. The van der Waals surface area contributed by atoms with Crippen molar-refractivity contribution in [2.75, 3.05) is 0 Å². The molecule has 22 heavy (non-hydrogen) atoms. The minimum absolute atomic E-state index is 0.699. The Morgan fingerprint density at radius 2 is 1.23 bits per heavy atom. The van der Waals surface area contributed by atoms with Crippen molar-refractivity contribution in [1.82, 2.24) is 0 Å². The fraction of sp³-hybridized carbons (Fsp3) is 1.00. The summed E-state index contributed by atoms with van der Waals surface area (Å²) in [5, 5.41) is 0. The smallest absolute Gasteiger partial charge is 0.0235 e. The van der Waals surface area contributed by atoms with Crippen molar-refractivity contribution >= 4 is 0 Å². The molecule has 0 spiro atoms. The molecule has 0 nitrogen and oxygen atoms in total. The van der Waals surface area contributed by atoms with Gasteiger partial charge in [-0.3, -0.25) is 0 Å². The first kappa shape index (κ1) is 18.3. The van der Waals surface area contributed by atoms with Crippen LogP contribution in [0.2, 0.25) is 0 Å². The van der Waals surface area contributed by atoms with E-state index in [-0.39, 0.29) is 0 Å². The number of hydrogen-bond acceptors (Lipinski definition) is 0. The normalized spacial score (nSPS) is 37.0. The van der Waals surface area contributed by atoms with Crippen LogP contribution in [0.25, 0.3) is 0 Å². The third-order valence-corrected chi connectivity index (χ3v) is 8.58. The Hall–Kier alpha value is 0. The molecule has 2 aliphatic rings. The molecule has 0 heteroatoms. The molecule has 2 saturated carbocycles. The van der Waals surface area contributed by atoms with E-state index >= 15 is 0 Å². The lowest BCUT2D eigenvalue weighted by Gasteiger charge is -2.41. The molecule has 0 aromatic heterocycles. The molecular weight excluding hydrogens is 264 g/mol. The van der Waals surface area contributed by atoms with Gasteiger partial charge in [-0.15, -0.1) is 0 Å². The van der Waals surface area contributed by atoms with Crippen LogP contribution in [0.5, 0.6) is 0 Å². The molecule has 0 heterocycles. The molecule has 2 aliphatic carbocycles. The Morgan fingerprint density at radius 1 is 0.773 bits per heavy atom. The van der Waals surface area contributed by atoms with Crippen LogP contribution in [0.15, 0.2) is 0 Å². The zero-order valence-electron chi connectivity index (χ0n) is 16.7. The van der Waals surface area contributed by atoms with Gasteiger partial charge in [0.25, 0.3) is 0 Å². The summed E-state index contributed by atoms with van der Waals surface area (Å²) in [6.07, 6.45) is 7.15. The maximum absolute atomic E-state index is 2.62. The molecule has 0 radical (unpaired) electrons. The third kappa shape index (κ3) is 2.78. The lowest BCUT2D eigenvalue weighted by molar-refractivity contribution is 0.0733. The molecule has 0 aromatic rings. The van der Waals surface area contributed by atoms with E-state index in [4.69, 9.17) is 0 Å². The molecule has 2 rings (SSSR count). The summed E-state index contributed by atoms with van der Waals surface area (Å²) >= 11 is 0. The first-order chi connectivity index (χ1) is 10.3. The Kier molecular flexibility index (Phi) is 5.72. The second-order valence-electron chi connectivity index (χ2n) is 9.26. The van der Waals surface area contributed by atoms with Crippen molar-refractivity contribution in [3.8, 4) is 0 Å². The zero-order valence-corrected chi connectivity index (χ0v) is 16.7. The Balaban J connectivity index is 2.11. The Labute approximate surface area is 140 Å². The molecular formula is C22H42. The number of hydrogen-bond donors (Lipinski definition) is 0. The van der Waals surface area contributed by atoms with Crippen LogP contribution < -0.4 is 0 Å². The number of rotatable bonds is 9. The van der Waals surface area contributed by atoms with E-state index in [1.54, 1.807) is 0 Å². The predicted octanol–water partition coefficient (Wildman–Crippen LogP) is 7.04. The van der Waals surface area contributed by atoms with Gasteiger partial charge < -0.3 is 0 Å². The van der Waals surface area contributed by atoms with Crippen molar-refractivity contribution in [2.24, 2.45) is 52.8 Å². The Bertz CT molecular complexity index is 345. The van der Waals surface area contributed by atoms with E-state index < -0.39 is 0 Å². The molecule has 0 aliphatic heterocycles. The van der Waals surface area contributed by atoms with Gasteiger partial charge in [-0.05, 0) is 65.6 Å². The van der Waals surface area contributed by atoms with E-state index in [0.717, 1.165) is 47.3 Å². The van der Waals surface area contributed by atoms with Crippen molar-refractivity contribution in [1.29, 1.82) is 0 Å². The molecule has 2 fully saturated rings. The van der Waals surface area contributed by atoms with Gasteiger partial charge in [-0.2, -0.15) is 0 Å². The highest BCUT2D eigenvalue weighted by Gasteiger charge is 2.68. The highest BCUT2D eigenvalue weighted by Crippen LogP contribution is 2.75. The molecule has 130 valence electrons. The maximum Gasteiger partial charge on any atom is -0.0235 e. The van der Waals surface area contributed by atoms with Gasteiger partial charge in [0.2, 0.25) is 0 Å². The quantitative estimate of drug-likeness (QED) is 0.428. The number of fused-ring (bicyclic) bond motifs is 1. The van der Waals surface area contributed by atoms with Gasteiger partial charge in [0, 0.05) is 0 Å². The summed E-state index contributed by atoms with van der Waals surface area (Å²) in [6, 6.07) is 0. The van der Waals surface area contributed by atoms with Gasteiger partial charge >= 0.3 is 0 Å². The fourth-order valence-electron chi connectivity index (χ4n) is 6.71. The minimum Gasteiger partial charge on any atom is -0.0651 e. The largest absolute Gasteiger partial charge is 0.0651 e. The SMILES string of the molecule is CCC(C(C)C)C(CC)C(CC)C(C)C(C)C1(C)C2CCC21. The fourth-order valence-corrected chi connectivity index (χ4v) is 6.71. The van der Waals surface area contributed by atoms with Crippen LogP contribution in [0.1, 0.15) is 87.5 Å². The van der Waals surface area contributed by atoms with E-state index in [1.165, 1.54) is 32.1 Å². The molecule has 7 unspecified atom stereocenters. The van der Waals surface area contributed by atoms with Crippen LogP contribution in [-0.4, -0.2) is 0 Å². The molecule has 0 aromatic carbocycles. The van der Waals surface area contributed by atoms with Crippen LogP contribution in [0.4, 0.5) is 0 Å². The van der Waals surface area contributed by atoms with E-state index in [1.807, 2.05) is 0 Å². The molecule has 7 atom stereocenters. The van der Waals surface area contributed by atoms with E-state index in [9.17, 15) is 0 Å². The van der Waals surface area contributed by atoms with Gasteiger partial charge in [0.05, 0.1) is 0 Å². The van der Waals surface area contributed by atoms with Crippen molar-refractivity contribution in [2.45, 2.75) is 87.5 Å². The predicted molar refractivity (Wildman–Crippen MR) is 98.8 cm³/mol. The summed E-state index contributed by atoms with van der Waals surface area (Å²) < 4.78 is 0. The van der Waals surface area contributed by atoms with Crippen molar-refractivity contribution < 1.29 is 0 Å². The average Bonchev–Trinajstić information content (AvgIpc) is 2.88. The van der Waals surface area contributed by atoms with Crippen molar-refractivity contribution in [3.05, 3.63) is 0 Å². The van der Waals surface area contributed by atoms with Crippen molar-refractivity contribution in [3.63, 3.8) is 0 Å². The van der Waals surface area contributed by atoms with Gasteiger partial charge in [-0.25, -0.2) is 0 Å². The summed E-state index contributed by atoms with van der Waals surface area (Å²) in [7, 11) is 0. The van der Waals surface area contributed by atoms with Crippen LogP contribution in [0.3, 0.4) is 0 Å². The summed E-state index contributed by atoms with van der Waals surface area (Å²) in [5.74, 6) is 7.57.